The van der Waals surface area contributed by atoms with Crippen LogP contribution in [0.4, 0.5) is 0 Å². The zero-order valence-corrected chi connectivity index (χ0v) is 13.5. The smallest absolute Gasteiger partial charge is 0.183 e. The summed E-state index contributed by atoms with van der Waals surface area (Å²) < 4.78 is 30.0. The normalized spacial score (nSPS) is 11.3. The summed E-state index contributed by atoms with van der Waals surface area (Å²) in [5.41, 5.74) is 2.60. The minimum Gasteiger partial charge on any atom is -0.497 e. The lowest BCUT2D eigenvalue weighted by Gasteiger charge is -2.05. The van der Waals surface area contributed by atoms with Gasteiger partial charge in [-0.25, -0.2) is 8.42 Å². The third-order valence-electron chi connectivity index (χ3n) is 3.60. The molecule has 23 heavy (non-hydrogen) atoms. The van der Waals surface area contributed by atoms with Crippen molar-refractivity contribution in [1.29, 1.82) is 0 Å². The molecule has 1 N–H and O–H groups in total. The molecule has 118 valence electrons. The molecule has 2 aromatic carbocycles. The molecule has 0 fully saturated rings. The van der Waals surface area contributed by atoms with E-state index in [2.05, 4.69) is 4.98 Å². The quantitative estimate of drug-likeness (QED) is 0.778. The standard InChI is InChI=1S/C18H17NO3S/c1-22-16-8-10-17(11-9-16)23(20,21)13-15-7-12-18(19-15)14-5-3-2-4-6-14/h2-12,19H,13H2,1H3. The molecular weight excluding hydrogens is 310 g/mol. The summed E-state index contributed by atoms with van der Waals surface area (Å²) in [6.07, 6.45) is 0. The van der Waals surface area contributed by atoms with Gasteiger partial charge in [0.2, 0.25) is 0 Å². The second-order valence-electron chi connectivity index (χ2n) is 5.20. The maximum atomic E-state index is 12.5. The number of rotatable bonds is 5. The van der Waals surface area contributed by atoms with Crippen LogP contribution in [-0.4, -0.2) is 20.5 Å². The van der Waals surface area contributed by atoms with Crippen molar-refractivity contribution in [2.24, 2.45) is 0 Å². The van der Waals surface area contributed by atoms with Gasteiger partial charge >= 0.3 is 0 Å². The molecule has 1 aromatic heterocycles. The molecule has 0 radical (unpaired) electrons. The molecular formula is C18H17NO3S. The van der Waals surface area contributed by atoms with E-state index < -0.39 is 9.84 Å². The molecule has 1 heterocycles. The van der Waals surface area contributed by atoms with Crippen LogP contribution >= 0.6 is 0 Å². The summed E-state index contributed by atoms with van der Waals surface area (Å²) in [6, 6.07) is 19.9. The maximum absolute atomic E-state index is 12.5. The van der Waals surface area contributed by atoms with Crippen molar-refractivity contribution >= 4 is 9.84 Å². The van der Waals surface area contributed by atoms with E-state index in [0.29, 0.717) is 11.4 Å². The third-order valence-corrected chi connectivity index (χ3v) is 5.28. The lowest BCUT2D eigenvalue weighted by atomic mass is 10.2. The molecule has 0 atom stereocenters. The number of benzene rings is 2. The van der Waals surface area contributed by atoms with Crippen molar-refractivity contribution in [2.75, 3.05) is 7.11 Å². The van der Waals surface area contributed by atoms with Gasteiger partial charge in [0.05, 0.1) is 17.8 Å². The predicted octanol–water partition coefficient (Wildman–Crippen LogP) is 3.66. The van der Waals surface area contributed by atoms with Crippen molar-refractivity contribution in [3.05, 3.63) is 72.4 Å². The summed E-state index contributed by atoms with van der Waals surface area (Å²) in [6.45, 7) is 0. The monoisotopic (exact) mass is 327 g/mol. The number of sulfone groups is 1. The van der Waals surface area contributed by atoms with Gasteiger partial charge in [0, 0.05) is 11.4 Å². The summed E-state index contributed by atoms with van der Waals surface area (Å²) in [5.74, 6) is 0.571. The molecule has 0 saturated heterocycles. The van der Waals surface area contributed by atoms with Crippen LogP contribution in [0.1, 0.15) is 5.69 Å². The van der Waals surface area contributed by atoms with Gasteiger partial charge in [-0.1, -0.05) is 30.3 Å². The third kappa shape index (κ3) is 3.46. The maximum Gasteiger partial charge on any atom is 0.183 e. The van der Waals surface area contributed by atoms with Crippen molar-refractivity contribution in [1.82, 2.24) is 4.98 Å². The summed E-state index contributed by atoms with van der Waals surface area (Å²) in [7, 11) is -1.84. The number of ether oxygens (including phenoxy) is 1. The predicted molar refractivity (Wildman–Crippen MR) is 90.1 cm³/mol. The molecule has 0 unspecified atom stereocenters. The number of aromatic amines is 1. The minimum atomic E-state index is -3.39. The number of hydrogen-bond donors (Lipinski definition) is 1. The Kier molecular flexibility index (Phi) is 4.21. The Hall–Kier alpha value is -2.53. The molecule has 0 aliphatic rings. The molecule has 0 aliphatic carbocycles. The first-order valence-corrected chi connectivity index (χ1v) is 8.84. The Morgan fingerprint density at radius 3 is 2.26 bits per heavy atom. The first-order chi connectivity index (χ1) is 11.1. The lowest BCUT2D eigenvalue weighted by Crippen LogP contribution is -2.05. The molecule has 0 aliphatic heterocycles. The Bertz CT molecular complexity index is 882. The summed E-state index contributed by atoms with van der Waals surface area (Å²) >= 11 is 0. The van der Waals surface area contributed by atoms with E-state index in [-0.39, 0.29) is 10.6 Å². The highest BCUT2D eigenvalue weighted by molar-refractivity contribution is 7.90. The van der Waals surface area contributed by atoms with Crippen LogP contribution in [0.25, 0.3) is 11.3 Å². The first-order valence-electron chi connectivity index (χ1n) is 7.18. The van der Waals surface area contributed by atoms with Crippen LogP contribution in [0.5, 0.6) is 5.75 Å². The summed E-state index contributed by atoms with van der Waals surface area (Å²) in [4.78, 5) is 3.46. The van der Waals surface area contributed by atoms with E-state index in [1.165, 1.54) is 0 Å². The van der Waals surface area contributed by atoms with Crippen LogP contribution in [0.3, 0.4) is 0 Å². The zero-order valence-electron chi connectivity index (χ0n) is 12.7. The summed E-state index contributed by atoms with van der Waals surface area (Å²) in [5, 5.41) is 0. The van der Waals surface area contributed by atoms with Gasteiger partial charge in [-0.2, -0.15) is 0 Å². The fourth-order valence-electron chi connectivity index (χ4n) is 2.38. The zero-order chi connectivity index (χ0) is 16.3. The Labute approximate surface area is 135 Å². The van der Waals surface area contributed by atoms with E-state index in [0.717, 1.165) is 11.3 Å². The van der Waals surface area contributed by atoms with Gasteiger partial charge in [-0.05, 0) is 42.0 Å². The largest absolute Gasteiger partial charge is 0.497 e. The van der Waals surface area contributed by atoms with Crippen LogP contribution in [-0.2, 0) is 15.6 Å². The lowest BCUT2D eigenvalue weighted by molar-refractivity contribution is 0.414. The molecule has 3 rings (SSSR count). The van der Waals surface area contributed by atoms with Crippen LogP contribution in [0.15, 0.2) is 71.6 Å². The topological polar surface area (TPSA) is 59.2 Å². The van der Waals surface area contributed by atoms with E-state index in [9.17, 15) is 8.42 Å². The Morgan fingerprint density at radius 2 is 1.61 bits per heavy atom. The second-order valence-corrected chi connectivity index (χ2v) is 7.19. The highest BCUT2D eigenvalue weighted by Gasteiger charge is 2.16. The van der Waals surface area contributed by atoms with Gasteiger partial charge < -0.3 is 9.72 Å². The van der Waals surface area contributed by atoms with E-state index in [1.807, 2.05) is 42.5 Å². The SMILES string of the molecule is COc1ccc(S(=O)(=O)Cc2ccc(-c3ccccc3)[nH]2)cc1. The Balaban J connectivity index is 1.82. The van der Waals surface area contributed by atoms with Crippen LogP contribution < -0.4 is 4.74 Å². The molecule has 3 aromatic rings. The molecule has 0 spiro atoms. The van der Waals surface area contributed by atoms with Crippen molar-refractivity contribution in [3.63, 3.8) is 0 Å². The number of hydrogen-bond acceptors (Lipinski definition) is 3. The van der Waals surface area contributed by atoms with E-state index in [1.54, 1.807) is 31.4 Å². The van der Waals surface area contributed by atoms with Gasteiger partial charge in [-0.15, -0.1) is 0 Å². The molecule has 0 bridgehead atoms. The van der Waals surface area contributed by atoms with Gasteiger partial charge in [0.1, 0.15) is 5.75 Å². The van der Waals surface area contributed by atoms with Crippen molar-refractivity contribution in [3.8, 4) is 17.0 Å². The second kappa shape index (κ2) is 6.30. The van der Waals surface area contributed by atoms with Crippen molar-refractivity contribution in [2.45, 2.75) is 10.6 Å². The fourth-order valence-corrected chi connectivity index (χ4v) is 3.68. The van der Waals surface area contributed by atoms with Crippen LogP contribution in [0.2, 0.25) is 0 Å². The van der Waals surface area contributed by atoms with Gasteiger partial charge in [0.15, 0.2) is 9.84 Å². The highest BCUT2D eigenvalue weighted by atomic mass is 32.2. The Morgan fingerprint density at radius 1 is 0.913 bits per heavy atom. The van der Waals surface area contributed by atoms with Gasteiger partial charge in [-0.3, -0.25) is 0 Å². The van der Waals surface area contributed by atoms with Crippen LogP contribution in [0, 0.1) is 0 Å². The number of nitrogens with one attached hydrogen (secondary N) is 1. The van der Waals surface area contributed by atoms with E-state index >= 15 is 0 Å². The van der Waals surface area contributed by atoms with E-state index in [4.69, 9.17) is 4.74 Å². The molecule has 0 saturated carbocycles. The number of H-pyrrole nitrogens is 1. The first kappa shape index (κ1) is 15.4. The average molecular weight is 327 g/mol. The van der Waals surface area contributed by atoms with Crippen molar-refractivity contribution < 1.29 is 13.2 Å². The fraction of sp³-hybridized carbons (Fsp3) is 0.111. The minimum absolute atomic E-state index is 0.0633. The van der Waals surface area contributed by atoms with Gasteiger partial charge in [0.25, 0.3) is 0 Å². The highest BCUT2D eigenvalue weighted by Crippen LogP contribution is 2.22. The molecule has 5 heteroatoms. The average Bonchev–Trinajstić information content (AvgIpc) is 3.03. The number of aromatic nitrogens is 1. The number of methoxy groups -OCH3 is 1. The molecule has 0 amide bonds. The molecule has 4 nitrogen and oxygen atoms in total.